The van der Waals surface area contributed by atoms with Crippen molar-refractivity contribution in [1.29, 1.82) is 0 Å². The van der Waals surface area contributed by atoms with E-state index in [1.54, 1.807) is 0 Å². The Kier molecular flexibility index (Phi) is 5.54. The summed E-state index contributed by atoms with van der Waals surface area (Å²) in [7, 11) is 0. The van der Waals surface area contributed by atoms with Crippen molar-refractivity contribution in [2.24, 2.45) is 0 Å². The molecule has 150 valence electrons. The monoisotopic (exact) mass is 381 g/mol. The van der Waals surface area contributed by atoms with Crippen molar-refractivity contribution in [1.82, 2.24) is 14.8 Å². The molecule has 0 bridgehead atoms. The summed E-state index contributed by atoms with van der Waals surface area (Å²) in [6.07, 6.45) is 4.41. The smallest absolute Gasteiger partial charge is 0.272 e. The molecule has 1 aromatic carbocycles. The molecule has 4 rings (SSSR count). The number of hydrogen-bond donors (Lipinski definition) is 0. The van der Waals surface area contributed by atoms with Gasteiger partial charge in [-0.05, 0) is 58.6 Å². The third kappa shape index (κ3) is 3.86. The maximum atomic E-state index is 12.9. The van der Waals surface area contributed by atoms with E-state index in [9.17, 15) is 4.79 Å². The number of aromatic nitrogens is 1. The third-order valence-corrected chi connectivity index (χ3v) is 6.22. The second-order valence-electron chi connectivity index (χ2n) is 8.46. The van der Waals surface area contributed by atoms with Gasteiger partial charge in [0.15, 0.2) is 0 Å². The molecule has 2 saturated heterocycles. The highest BCUT2D eigenvalue weighted by atomic mass is 16.5. The van der Waals surface area contributed by atoms with Gasteiger partial charge in [-0.25, -0.2) is 4.98 Å². The first-order valence-electron chi connectivity index (χ1n) is 10.6. The number of benzene rings is 1. The summed E-state index contributed by atoms with van der Waals surface area (Å²) >= 11 is 0. The zero-order chi connectivity index (χ0) is 19.7. The average molecular weight is 382 g/mol. The fraction of sp³-hybridized carbons (Fsp3) is 0.565. The van der Waals surface area contributed by atoms with Gasteiger partial charge in [0.25, 0.3) is 5.91 Å². The molecule has 2 aliphatic heterocycles. The zero-order valence-corrected chi connectivity index (χ0v) is 17.2. The van der Waals surface area contributed by atoms with Gasteiger partial charge < -0.3 is 14.5 Å². The third-order valence-electron chi connectivity index (χ3n) is 6.22. The minimum atomic E-state index is 0.0342. The van der Waals surface area contributed by atoms with Gasteiger partial charge >= 0.3 is 0 Å². The van der Waals surface area contributed by atoms with Crippen molar-refractivity contribution in [3.05, 3.63) is 36.0 Å². The standard InChI is InChI=1S/C23H31N3O2/c1-16(2)25-14-11-19(12-15-25)28-21-8-4-7-18-9-10-20(24-22(18)21)23(27)26-13-5-6-17(26)3/h4,7-10,16-17,19H,5-6,11-15H2,1-3H3. The van der Waals surface area contributed by atoms with Crippen molar-refractivity contribution in [2.75, 3.05) is 19.6 Å². The summed E-state index contributed by atoms with van der Waals surface area (Å²) in [5, 5.41) is 1.02. The number of piperidine rings is 1. The van der Waals surface area contributed by atoms with Gasteiger partial charge in [0, 0.05) is 37.1 Å². The highest BCUT2D eigenvalue weighted by molar-refractivity contribution is 5.96. The number of fused-ring (bicyclic) bond motifs is 1. The van der Waals surface area contributed by atoms with Crippen LogP contribution in [0, 0.1) is 0 Å². The molecule has 1 unspecified atom stereocenters. The minimum absolute atomic E-state index is 0.0342. The van der Waals surface area contributed by atoms with Gasteiger partial charge in [0.2, 0.25) is 0 Å². The minimum Gasteiger partial charge on any atom is -0.488 e. The lowest BCUT2D eigenvalue weighted by Crippen LogP contribution is -2.41. The molecule has 2 aromatic rings. The van der Waals surface area contributed by atoms with Crippen LogP contribution in [0.25, 0.3) is 10.9 Å². The molecule has 1 amide bonds. The fourth-order valence-corrected chi connectivity index (χ4v) is 4.41. The Morgan fingerprint density at radius 1 is 1.11 bits per heavy atom. The number of ether oxygens (including phenoxy) is 1. The molecular weight excluding hydrogens is 350 g/mol. The number of para-hydroxylation sites is 1. The zero-order valence-electron chi connectivity index (χ0n) is 17.2. The van der Waals surface area contributed by atoms with E-state index >= 15 is 0 Å². The first kappa shape index (κ1) is 19.2. The first-order chi connectivity index (χ1) is 13.5. The number of rotatable bonds is 4. The second-order valence-corrected chi connectivity index (χ2v) is 8.46. The number of carbonyl (C=O) groups is 1. The lowest BCUT2D eigenvalue weighted by atomic mass is 10.1. The van der Waals surface area contributed by atoms with E-state index in [0.29, 0.717) is 17.8 Å². The number of nitrogens with zero attached hydrogens (tertiary/aromatic N) is 3. The van der Waals surface area contributed by atoms with Crippen LogP contribution in [-0.4, -0.2) is 58.5 Å². The normalized spacial score (nSPS) is 21.6. The van der Waals surface area contributed by atoms with E-state index in [2.05, 4.69) is 25.7 Å². The highest BCUT2D eigenvalue weighted by Crippen LogP contribution is 2.28. The van der Waals surface area contributed by atoms with Crippen LogP contribution in [0.3, 0.4) is 0 Å². The summed E-state index contributed by atoms with van der Waals surface area (Å²) in [5.74, 6) is 0.830. The largest absolute Gasteiger partial charge is 0.488 e. The Balaban J connectivity index is 1.55. The number of pyridine rings is 1. The molecule has 0 saturated carbocycles. The number of likely N-dealkylation sites (tertiary alicyclic amines) is 2. The summed E-state index contributed by atoms with van der Waals surface area (Å²) in [6.45, 7) is 9.57. The van der Waals surface area contributed by atoms with Gasteiger partial charge in [-0.1, -0.05) is 18.2 Å². The summed E-state index contributed by atoms with van der Waals surface area (Å²) in [6, 6.07) is 10.7. The van der Waals surface area contributed by atoms with Crippen LogP contribution in [0.5, 0.6) is 5.75 Å². The number of amides is 1. The van der Waals surface area contributed by atoms with Crippen molar-refractivity contribution in [2.45, 2.75) is 64.6 Å². The molecule has 2 fully saturated rings. The van der Waals surface area contributed by atoms with Crippen molar-refractivity contribution in [3.8, 4) is 5.75 Å². The van der Waals surface area contributed by atoms with E-state index < -0.39 is 0 Å². The highest BCUT2D eigenvalue weighted by Gasteiger charge is 2.27. The van der Waals surface area contributed by atoms with E-state index in [0.717, 1.165) is 62.0 Å². The van der Waals surface area contributed by atoms with Crippen LogP contribution in [0.4, 0.5) is 0 Å². The van der Waals surface area contributed by atoms with Crippen LogP contribution in [-0.2, 0) is 0 Å². The molecule has 0 radical (unpaired) electrons. The molecule has 0 N–H and O–H groups in total. The lowest BCUT2D eigenvalue weighted by molar-refractivity contribution is 0.0742. The Hall–Kier alpha value is -2.14. The topological polar surface area (TPSA) is 45.7 Å². The van der Waals surface area contributed by atoms with E-state index in [-0.39, 0.29) is 12.0 Å². The van der Waals surface area contributed by atoms with Crippen LogP contribution < -0.4 is 4.74 Å². The maximum Gasteiger partial charge on any atom is 0.272 e. The van der Waals surface area contributed by atoms with Crippen LogP contribution >= 0.6 is 0 Å². The van der Waals surface area contributed by atoms with Gasteiger partial charge in [0.05, 0.1) is 0 Å². The van der Waals surface area contributed by atoms with Crippen LogP contribution in [0.1, 0.15) is 56.9 Å². The lowest BCUT2D eigenvalue weighted by Gasteiger charge is -2.34. The molecule has 0 aliphatic carbocycles. The molecule has 1 aromatic heterocycles. The molecule has 5 nitrogen and oxygen atoms in total. The predicted molar refractivity (Wildman–Crippen MR) is 112 cm³/mol. The first-order valence-corrected chi connectivity index (χ1v) is 10.6. The molecule has 28 heavy (non-hydrogen) atoms. The Morgan fingerprint density at radius 3 is 2.57 bits per heavy atom. The van der Waals surface area contributed by atoms with E-state index in [1.165, 1.54) is 0 Å². The van der Waals surface area contributed by atoms with E-state index in [4.69, 9.17) is 9.72 Å². The van der Waals surface area contributed by atoms with Gasteiger partial charge in [-0.2, -0.15) is 0 Å². The van der Waals surface area contributed by atoms with Crippen molar-refractivity contribution < 1.29 is 9.53 Å². The Morgan fingerprint density at radius 2 is 1.89 bits per heavy atom. The van der Waals surface area contributed by atoms with Crippen molar-refractivity contribution in [3.63, 3.8) is 0 Å². The molecule has 3 heterocycles. The molecular formula is C23H31N3O2. The molecule has 5 heteroatoms. The summed E-state index contributed by atoms with van der Waals surface area (Å²) < 4.78 is 6.36. The van der Waals surface area contributed by atoms with Gasteiger partial charge in [-0.15, -0.1) is 0 Å². The molecule has 1 atom stereocenters. The quantitative estimate of drug-likeness (QED) is 0.799. The maximum absolute atomic E-state index is 12.9. The van der Waals surface area contributed by atoms with Crippen LogP contribution in [0.2, 0.25) is 0 Å². The Labute approximate surface area is 167 Å². The van der Waals surface area contributed by atoms with Gasteiger partial charge in [-0.3, -0.25) is 4.79 Å². The predicted octanol–water partition coefficient (Wildman–Crippen LogP) is 4.11. The number of carbonyl (C=O) groups excluding carboxylic acids is 1. The van der Waals surface area contributed by atoms with Crippen LogP contribution in [0.15, 0.2) is 30.3 Å². The van der Waals surface area contributed by atoms with Crippen molar-refractivity contribution >= 4 is 16.8 Å². The number of hydrogen-bond acceptors (Lipinski definition) is 4. The molecule has 0 spiro atoms. The second kappa shape index (κ2) is 8.08. The fourth-order valence-electron chi connectivity index (χ4n) is 4.41. The Bertz CT molecular complexity index is 843. The van der Waals surface area contributed by atoms with E-state index in [1.807, 2.05) is 35.2 Å². The average Bonchev–Trinajstić information content (AvgIpc) is 3.13. The molecule has 2 aliphatic rings. The summed E-state index contributed by atoms with van der Waals surface area (Å²) in [5.41, 5.74) is 1.32. The SMILES string of the molecule is CC(C)N1CCC(Oc2cccc3ccc(C(=O)N4CCCC4C)nc23)CC1. The summed E-state index contributed by atoms with van der Waals surface area (Å²) in [4.78, 5) is 22.1. The van der Waals surface area contributed by atoms with Gasteiger partial charge in [0.1, 0.15) is 23.1 Å².